The van der Waals surface area contributed by atoms with Crippen LogP contribution in [-0.2, 0) is 11.3 Å². The molecule has 1 aromatic carbocycles. The van der Waals surface area contributed by atoms with E-state index in [0.717, 1.165) is 63.7 Å². The van der Waals surface area contributed by atoms with Crippen LogP contribution < -0.4 is 5.32 Å². The molecule has 5 rings (SSSR count). The molecule has 1 N–H and O–H groups in total. The number of nitrogens with zero attached hydrogens (tertiary/aromatic N) is 4. The smallest absolute Gasteiger partial charge is 0.188 e. The average molecular weight is 392 g/mol. The van der Waals surface area contributed by atoms with Gasteiger partial charge in [0.05, 0.1) is 34.7 Å². The molecule has 142 valence electrons. The number of rotatable bonds is 5. The van der Waals surface area contributed by atoms with Crippen molar-refractivity contribution < 1.29 is 4.74 Å². The van der Waals surface area contributed by atoms with Gasteiger partial charge in [-0.05, 0) is 49.1 Å². The van der Waals surface area contributed by atoms with E-state index in [1.807, 2.05) is 29.5 Å². The number of benzene rings is 1. The molecule has 1 fully saturated rings. The van der Waals surface area contributed by atoms with Crippen molar-refractivity contribution in [3.63, 3.8) is 0 Å². The van der Waals surface area contributed by atoms with Gasteiger partial charge in [0.25, 0.3) is 0 Å². The molecule has 4 heterocycles. The van der Waals surface area contributed by atoms with Crippen molar-refractivity contribution in [1.29, 1.82) is 0 Å². The number of thiazole rings is 1. The van der Waals surface area contributed by atoms with Crippen LogP contribution in [0.5, 0.6) is 0 Å². The van der Waals surface area contributed by atoms with Crippen molar-refractivity contribution in [3.8, 4) is 11.1 Å². The second kappa shape index (κ2) is 7.33. The number of hydrogen-bond acceptors (Lipinski definition) is 6. The van der Waals surface area contributed by atoms with Crippen LogP contribution in [0.3, 0.4) is 0 Å². The highest BCUT2D eigenvalue weighted by molar-refractivity contribution is 7.22. The molecule has 1 unspecified atom stereocenters. The third-order valence-corrected chi connectivity index (χ3v) is 5.83. The van der Waals surface area contributed by atoms with Gasteiger partial charge in [-0.2, -0.15) is 5.10 Å². The molecule has 1 atom stereocenters. The highest BCUT2D eigenvalue weighted by Gasteiger charge is 2.16. The van der Waals surface area contributed by atoms with Crippen LogP contribution in [0.4, 0.5) is 10.8 Å². The second-order valence-corrected chi connectivity index (χ2v) is 8.19. The van der Waals surface area contributed by atoms with Crippen LogP contribution in [0.15, 0.2) is 49.1 Å². The van der Waals surface area contributed by atoms with Gasteiger partial charge < -0.3 is 10.1 Å². The van der Waals surface area contributed by atoms with Crippen molar-refractivity contribution in [1.82, 2.24) is 19.7 Å². The largest absolute Gasteiger partial charge is 0.376 e. The summed E-state index contributed by atoms with van der Waals surface area (Å²) >= 11 is 1.64. The Labute approximate surface area is 167 Å². The summed E-state index contributed by atoms with van der Waals surface area (Å²) in [6.07, 6.45) is 10.2. The standard InChI is InChI=1S/C21H21N5OS/c1-14-7-16(10-22-9-14)15-4-5-19-20(8-15)28-21(25-19)24-17-11-23-26(12-17)13-18-3-2-6-27-18/h4-5,7-12,18H,2-3,6,13H2,1H3,(H,24,25). The predicted octanol–water partition coefficient (Wildman–Crippen LogP) is 4.79. The quantitative estimate of drug-likeness (QED) is 0.530. The fourth-order valence-corrected chi connectivity index (χ4v) is 4.44. The highest BCUT2D eigenvalue weighted by atomic mass is 32.1. The summed E-state index contributed by atoms with van der Waals surface area (Å²) in [4.78, 5) is 9.00. The molecule has 28 heavy (non-hydrogen) atoms. The summed E-state index contributed by atoms with van der Waals surface area (Å²) < 4.78 is 8.77. The van der Waals surface area contributed by atoms with Crippen LogP contribution in [-0.4, -0.2) is 32.5 Å². The SMILES string of the molecule is Cc1cncc(-c2ccc3nc(Nc4cnn(CC5CCCO5)c4)sc3c2)c1. The molecule has 0 saturated carbocycles. The van der Waals surface area contributed by atoms with Gasteiger partial charge in [0.2, 0.25) is 0 Å². The fourth-order valence-electron chi connectivity index (χ4n) is 3.52. The zero-order chi connectivity index (χ0) is 18.9. The molecular weight excluding hydrogens is 370 g/mol. The van der Waals surface area contributed by atoms with E-state index in [1.54, 1.807) is 11.3 Å². The monoisotopic (exact) mass is 391 g/mol. The van der Waals surface area contributed by atoms with Crippen LogP contribution in [0, 0.1) is 6.92 Å². The Hall–Kier alpha value is -2.77. The van der Waals surface area contributed by atoms with E-state index in [1.165, 1.54) is 0 Å². The molecule has 4 aromatic rings. The maximum absolute atomic E-state index is 5.68. The van der Waals surface area contributed by atoms with Crippen molar-refractivity contribution in [2.24, 2.45) is 0 Å². The Morgan fingerprint density at radius 1 is 1.21 bits per heavy atom. The van der Waals surface area contributed by atoms with E-state index in [9.17, 15) is 0 Å². The number of anilines is 2. The number of pyridine rings is 1. The van der Waals surface area contributed by atoms with E-state index in [4.69, 9.17) is 9.72 Å². The van der Waals surface area contributed by atoms with Crippen molar-refractivity contribution in [2.45, 2.75) is 32.4 Å². The highest BCUT2D eigenvalue weighted by Crippen LogP contribution is 2.32. The topological polar surface area (TPSA) is 64.9 Å². The van der Waals surface area contributed by atoms with E-state index >= 15 is 0 Å². The summed E-state index contributed by atoms with van der Waals surface area (Å²) in [5.74, 6) is 0. The van der Waals surface area contributed by atoms with Gasteiger partial charge in [-0.1, -0.05) is 17.4 Å². The second-order valence-electron chi connectivity index (χ2n) is 7.16. The van der Waals surface area contributed by atoms with E-state index in [0.29, 0.717) is 0 Å². The van der Waals surface area contributed by atoms with Crippen molar-refractivity contribution in [2.75, 3.05) is 11.9 Å². The normalized spacial score (nSPS) is 16.7. The van der Waals surface area contributed by atoms with Crippen LogP contribution in [0.25, 0.3) is 21.3 Å². The Morgan fingerprint density at radius 2 is 2.18 bits per heavy atom. The summed E-state index contributed by atoms with van der Waals surface area (Å²) in [6, 6.07) is 8.49. The summed E-state index contributed by atoms with van der Waals surface area (Å²) in [6.45, 7) is 3.72. The van der Waals surface area contributed by atoms with Gasteiger partial charge in [0.15, 0.2) is 5.13 Å². The molecule has 0 aliphatic carbocycles. The third-order valence-electron chi connectivity index (χ3n) is 4.90. The maximum Gasteiger partial charge on any atom is 0.188 e. The first-order chi connectivity index (χ1) is 13.7. The predicted molar refractivity (Wildman–Crippen MR) is 112 cm³/mol. The Balaban J connectivity index is 1.34. The first kappa shape index (κ1) is 17.3. The first-order valence-electron chi connectivity index (χ1n) is 9.47. The minimum absolute atomic E-state index is 0.282. The minimum Gasteiger partial charge on any atom is -0.376 e. The fraction of sp³-hybridized carbons (Fsp3) is 0.286. The lowest BCUT2D eigenvalue weighted by Gasteiger charge is -2.08. The Bertz CT molecular complexity index is 1110. The third kappa shape index (κ3) is 3.63. The number of aromatic nitrogens is 4. The minimum atomic E-state index is 0.282. The molecule has 0 bridgehead atoms. The zero-order valence-electron chi connectivity index (χ0n) is 15.6. The van der Waals surface area contributed by atoms with Gasteiger partial charge in [-0.25, -0.2) is 4.98 Å². The Morgan fingerprint density at radius 3 is 3.04 bits per heavy atom. The molecule has 0 spiro atoms. The lowest BCUT2D eigenvalue weighted by atomic mass is 10.1. The van der Waals surface area contributed by atoms with E-state index < -0.39 is 0 Å². The summed E-state index contributed by atoms with van der Waals surface area (Å²) in [7, 11) is 0. The number of aryl methyl sites for hydroxylation is 1. The van der Waals surface area contributed by atoms with Gasteiger partial charge in [-0.3, -0.25) is 9.67 Å². The van der Waals surface area contributed by atoms with Crippen LogP contribution in [0.2, 0.25) is 0 Å². The molecule has 0 amide bonds. The molecule has 1 aliphatic rings. The number of hydrogen-bond donors (Lipinski definition) is 1. The zero-order valence-corrected chi connectivity index (χ0v) is 16.4. The van der Waals surface area contributed by atoms with E-state index in [-0.39, 0.29) is 6.10 Å². The maximum atomic E-state index is 5.68. The lowest BCUT2D eigenvalue weighted by molar-refractivity contribution is 0.0940. The molecule has 0 radical (unpaired) electrons. The molecule has 1 aliphatic heterocycles. The number of fused-ring (bicyclic) bond motifs is 1. The molecule has 1 saturated heterocycles. The summed E-state index contributed by atoms with van der Waals surface area (Å²) in [5.41, 5.74) is 5.37. The van der Waals surface area contributed by atoms with Crippen molar-refractivity contribution in [3.05, 3.63) is 54.6 Å². The average Bonchev–Trinajstić information content (AvgIpc) is 3.43. The first-order valence-corrected chi connectivity index (χ1v) is 10.3. The Kier molecular flexibility index (Phi) is 4.54. The number of ether oxygens (including phenoxy) is 1. The van der Waals surface area contributed by atoms with Crippen LogP contribution in [0.1, 0.15) is 18.4 Å². The van der Waals surface area contributed by atoms with E-state index in [2.05, 4.69) is 46.6 Å². The number of nitrogens with one attached hydrogen (secondary N) is 1. The lowest BCUT2D eigenvalue weighted by Crippen LogP contribution is -2.15. The van der Waals surface area contributed by atoms with Crippen molar-refractivity contribution >= 4 is 32.4 Å². The van der Waals surface area contributed by atoms with Gasteiger partial charge in [0.1, 0.15) is 0 Å². The van der Waals surface area contributed by atoms with Gasteiger partial charge >= 0.3 is 0 Å². The van der Waals surface area contributed by atoms with Gasteiger partial charge in [0, 0.05) is 30.8 Å². The molecular formula is C21H21N5OS. The van der Waals surface area contributed by atoms with Crippen LogP contribution >= 0.6 is 11.3 Å². The summed E-state index contributed by atoms with van der Waals surface area (Å²) in [5, 5.41) is 8.68. The molecule has 6 nitrogen and oxygen atoms in total. The molecule has 7 heteroatoms. The van der Waals surface area contributed by atoms with Gasteiger partial charge in [-0.15, -0.1) is 0 Å². The molecule has 3 aromatic heterocycles.